The molecule has 108 valence electrons. The SMILES string of the molecule is COc1ccc2ncnc(Sc3nc4ccccc4s3)c2c1. The number of para-hydroxylation sites is 1. The summed E-state index contributed by atoms with van der Waals surface area (Å²) in [6.45, 7) is 0. The van der Waals surface area contributed by atoms with E-state index >= 15 is 0 Å². The molecule has 0 radical (unpaired) electrons. The average molecular weight is 325 g/mol. The van der Waals surface area contributed by atoms with Crippen LogP contribution in [0.4, 0.5) is 0 Å². The Morgan fingerprint density at radius 1 is 1.05 bits per heavy atom. The van der Waals surface area contributed by atoms with Crippen LogP contribution in [-0.2, 0) is 0 Å². The summed E-state index contributed by atoms with van der Waals surface area (Å²) in [5.41, 5.74) is 1.92. The maximum atomic E-state index is 5.30. The van der Waals surface area contributed by atoms with E-state index in [0.29, 0.717) is 0 Å². The van der Waals surface area contributed by atoms with Crippen LogP contribution >= 0.6 is 23.1 Å². The first-order valence-electron chi connectivity index (χ1n) is 6.66. The average Bonchev–Trinajstić information content (AvgIpc) is 2.97. The van der Waals surface area contributed by atoms with Crippen molar-refractivity contribution in [2.75, 3.05) is 7.11 Å². The molecule has 4 nitrogen and oxygen atoms in total. The molecular weight excluding hydrogens is 314 g/mol. The summed E-state index contributed by atoms with van der Waals surface area (Å²) in [7, 11) is 1.66. The van der Waals surface area contributed by atoms with Crippen LogP contribution in [0.2, 0.25) is 0 Å². The predicted molar refractivity (Wildman–Crippen MR) is 89.8 cm³/mol. The van der Waals surface area contributed by atoms with Crippen molar-refractivity contribution in [1.82, 2.24) is 15.0 Å². The highest BCUT2D eigenvalue weighted by Crippen LogP contribution is 2.36. The summed E-state index contributed by atoms with van der Waals surface area (Å²) in [5, 5.41) is 1.87. The lowest BCUT2D eigenvalue weighted by molar-refractivity contribution is 0.415. The van der Waals surface area contributed by atoms with Gasteiger partial charge in [-0.2, -0.15) is 0 Å². The maximum Gasteiger partial charge on any atom is 0.157 e. The summed E-state index contributed by atoms with van der Waals surface area (Å²) in [5.74, 6) is 0.799. The van der Waals surface area contributed by atoms with Crippen LogP contribution < -0.4 is 4.74 Å². The predicted octanol–water partition coefficient (Wildman–Crippen LogP) is 4.40. The third kappa shape index (κ3) is 2.40. The third-order valence-electron chi connectivity index (χ3n) is 3.26. The molecule has 4 rings (SSSR count). The molecular formula is C16H11N3OS2. The van der Waals surface area contributed by atoms with Crippen molar-refractivity contribution in [3.63, 3.8) is 0 Å². The van der Waals surface area contributed by atoms with Crippen LogP contribution in [0, 0.1) is 0 Å². The third-order valence-corrected chi connectivity index (χ3v) is 5.38. The zero-order valence-electron chi connectivity index (χ0n) is 11.7. The van der Waals surface area contributed by atoms with E-state index in [1.54, 1.807) is 36.5 Å². The molecule has 22 heavy (non-hydrogen) atoms. The number of ether oxygens (including phenoxy) is 1. The van der Waals surface area contributed by atoms with Crippen molar-refractivity contribution in [3.8, 4) is 5.75 Å². The van der Waals surface area contributed by atoms with Crippen LogP contribution in [0.25, 0.3) is 21.1 Å². The first-order chi connectivity index (χ1) is 10.8. The number of hydrogen-bond acceptors (Lipinski definition) is 6. The monoisotopic (exact) mass is 325 g/mol. The van der Waals surface area contributed by atoms with Gasteiger partial charge in [-0.05, 0) is 42.1 Å². The Balaban J connectivity index is 1.80. The van der Waals surface area contributed by atoms with E-state index in [2.05, 4.69) is 21.0 Å². The van der Waals surface area contributed by atoms with Gasteiger partial charge in [0.05, 0.1) is 22.8 Å². The lowest BCUT2D eigenvalue weighted by Gasteiger charge is -2.05. The summed E-state index contributed by atoms with van der Waals surface area (Å²) < 4.78 is 7.46. The molecule has 0 amide bonds. The minimum Gasteiger partial charge on any atom is -0.497 e. The lowest BCUT2D eigenvalue weighted by Crippen LogP contribution is -1.89. The van der Waals surface area contributed by atoms with Gasteiger partial charge in [0.15, 0.2) is 4.34 Å². The van der Waals surface area contributed by atoms with Crippen molar-refractivity contribution >= 4 is 44.2 Å². The quantitative estimate of drug-likeness (QED) is 0.523. The Hall–Kier alpha value is -2.18. The summed E-state index contributed by atoms with van der Waals surface area (Å²) in [4.78, 5) is 13.4. The Labute approximate surface area is 135 Å². The fourth-order valence-electron chi connectivity index (χ4n) is 2.20. The van der Waals surface area contributed by atoms with Crippen LogP contribution in [-0.4, -0.2) is 22.1 Å². The number of rotatable bonds is 3. The van der Waals surface area contributed by atoms with Crippen molar-refractivity contribution in [2.24, 2.45) is 0 Å². The normalized spacial score (nSPS) is 11.1. The number of fused-ring (bicyclic) bond motifs is 2. The van der Waals surface area contributed by atoms with E-state index in [4.69, 9.17) is 4.74 Å². The van der Waals surface area contributed by atoms with Gasteiger partial charge < -0.3 is 4.74 Å². The summed E-state index contributed by atoms with van der Waals surface area (Å²) in [6.07, 6.45) is 1.59. The van der Waals surface area contributed by atoms with Crippen LogP contribution in [0.5, 0.6) is 5.75 Å². The Morgan fingerprint density at radius 2 is 1.95 bits per heavy atom. The zero-order chi connectivity index (χ0) is 14.9. The molecule has 0 unspecified atom stereocenters. The molecule has 0 fully saturated rings. The van der Waals surface area contributed by atoms with Gasteiger partial charge in [-0.15, -0.1) is 11.3 Å². The number of nitrogens with zero attached hydrogens (tertiary/aromatic N) is 3. The molecule has 2 aromatic heterocycles. The van der Waals surface area contributed by atoms with Crippen molar-refractivity contribution < 1.29 is 4.74 Å². The Kier molecular flexibility index (Phi) is 3.40. The fraction of sp³-hybridized carbons (Fsp3) is 0.0625. The van der Waals surface area contributed by atoms with Gasteiger partial charge in [-0.1, -0.05) is 12.1 Å². The number of hydrogen-bond donors (Lipinski definition) is 0. The van der Waals surface area contributed by atoms with Gasteiger partial charge in [-0.25, -0.2) is 15.0 Å². The topological polar surface area (TPSA) is 47.9 Å². The smallest absolute Gasteiger partial charge is 0.157 e. The van der Waals surface area contributed by atoms with Crippen LogP contribution in [0.1, 0.15) is 0 Å². The minimum atomic E-state index is 0.799. The molecule has 0 N–H and O–H groups in total. The van der Waals surface area contributed by atoms with E-state index in [1.165, 1.54) is 4.70 Å². The number of benzene rings is 2. The molecule has 4 aromatic rings. The maximum absolute atomic E-state index is 5.30. The molecule has 0 bridgehead atoms. The molecule has 2 heterocycles. The number of methoxy groups -OCH3 is 1. The van der Waals surface area contributed by atoms with Crippen molar-refractivity contribution in [3.05, 3.63) is 48.8 Å². The number of thiazole rings is 1. The van der Waals surface area contributed by atoms with E-state index in [1.807, 2.05) is 36.4 Å². The molecule has 0 aliphatic heterocycles. The van der Waals surface area contributed by atoms with Crippen LogP contribution in [0.3, 0.4) is 0 Å². The zero-order valence-corrected chi connectivity index (χ0v) is 13.3. The second kappa shape index (κ2) is 5.55. The standard InChI is InChI=1S/C16H11N3OS2/c1-20-10-6-7-12-11(8-10)15(18-9-17-12)22-16-19-13-4-2-3-5-14(13)21-16/h2-9H,1H3. The summed E-state index contributed by atoms with van der Waals surface area (Å²) in [6, 6.07) is 13.9. The van der Waals surface area contributed by atoms with E-state index in [9.17, 15) is 0 Å². The first kappa shape index (κ1) is 13.5. The van der Waals surface area contributed by atoms with Gasteiger partial charge in [0, 0.05) is 5.39 Å². The molecule has 0 saturated carbocycles. The molecule has 0 aliphatic carbocycles. The van der Waals surface area contributed by atoms with Gasteiger partial charge in [0.1, 0.15) is 17.1 Å². The van der Waals surface area contributed by atoms with E-state index in [-0.39, 0.29) is 0 Å². The highest BCUT2D eigenvalue weighted by atomic mass is 32.2. The largest absolute Gasteiger partial charge is 0.497 e. The molecule has 6 heteroatoms. The van der Waals surface area contributed by atoms with Gasteiger partial charge in [-0.3, -0.25) is 0 Å². The summed E-state index contributed by atoms with van der Waals surface area (Å²) >= 11 is 3.23. The van der Waals surface area contributed by atoms with E-state index < -0.39 is 0 Å². The Morgan fingerprint density at radius 3 is 2.82 bits per heavy atom. The molecule has 2 aromatic carbocycles. The Bertz CT molecular complexity index is 935. The molecule has 0 aliphatic rings. The number of aromatic nitrogens is 3. The lowest BCUT2D eigenvalue weighted by atomic mass is 10.2. The fourth-order valence-corrected chi connectivity index (χ4v) is 4.25. The molecule has 0 spiro atoms. The second-order valence-electron chi connectivity index (χ2n) is 4.61. The van der Waals surface area contributed by atoms with E-state index in [0.717, 1.165) is 31.5 Å². The second-order valence-corrected chi connectivity index (χ2v) is 6.88. The highest BCUT2D eigenvalue weighted by molar-refractivity contribution is 8.01. The minimum absolute atomic E-state index is 0.799. The molecule has 0 atom stereocenters. The van der Waals surface area contributed by atoms with Gasteiger partial charge in [0.2, 0.25) is 0 Å². The van der Waals surface area contributed by atoms with Crippen molar-refractivity contribution in [1.29, 1.82) is 0 Å². The highest BCUT2D eigenvalue weighted by Gasteiger charge is 2.10. The molecule has 0 saturated heterocycles. The van der Waals surface area contributed by atoms with Crippen LogP contribution in [0.15, 0.2) is 58.2 Å². The first-order valence-corrected chi connectivity index (χ1v) is 8.29. The van der Waals surface area contributed by atoms with Gasteiger partial charge >= 0.3 is 0 Å². The van der Waals surface area contributed by atoms with Crippen molar-refractivity contribution in [2.45, 2.75) is 9.37 Å². The van der Waals surface area contributed by atoms with Gasteiger partial charge in [0.25, 0.3) is 0 Å².